The maximum atomic E-state index is 13.0. The van der Waals surface area contributed by atoms with E-state index in [4.69, 9.17) is 34.8 Å². The molecule has 0 bridgehead atoms. The van der Waals surface area contributed by atoms with Crippen molar-refractivity contribution in [1.29, 1.82) is 0 Å². The first-order valence-corrected chi connectivity index (χ1v) is 9.13. The second kappa shape index (κ2) is 7.81. The minimum Gasteiger partial charge on any atom is -0.326 e. The third kappa shape index (κ3) is 4.21. The molecule has 2 aromatic rings. The van der Waals surface area contributed by atoms with Crippen molar-refractivity contribution in [2.24, 2.45) is 5.92 Å². The van der Waals surface area contributed by atoms with E-state index in [1.165, 1.54) is 11.0 Å². The fraction of sp³-hybridized carbons (Fsp3) is 0.222. The van der Waals surface area contributed by atoms with E-state index in [1.54, 1.807) is 18.2 Å². The number of amides is 2. The number of rotatable bonds is 3. The number of nitrogens with zero attached hydrogens (tertiary/aromatic N) is 1. The van der Waals surface area contributed by atoms with Crippen molar-refractivity contribution in [3.8, 4) is 0 Å². The molecule has 1 aliphatic rings. The van der Waals surface area contributed by atoms with Gasteiger partial charge in [0, 0.05) is 18.7 Å². The van der Waals surface area contributed by atoms with E-state index in [0.717, 1.165) is 12.1 Å². The second-order valence-electron chi connectivity index (χ2n) is 6.16. The number of alkyl halides is 3. The minimum atomic E-state index is -4.65. The zero-order chi connectivity index (χ0) is 20.6. The van der Waals surface area contributed by atoms with Crippen molar-refractivity contribution < 1.29 is 22.8 Å². The van der Waals surface area contributed by atoms with Gasteiger partial charge in [-0.2, -0.15) is 13.2 Å². The van der Waals surface area contributed by atoms with Gasteiger partial charge in [-0.1, -0.05) is 40.9 Å². The molecule has 0 aromatic heterocycles. The fourth-order valence-corrected chi connectivity index (χ4v) is 3.50. The molecule has 0 unspecified atom stereocenters. The molecule has 2 amide bonds. The summed E-state index contributed by atoms with van der Waals surface area (Å²) in [4.78, 5) is 26.1. The van der Waals surface area contributed by atoms with Crippen molar-refractivity contribution in [2.75, 3.05) is 16.8 Å². The van der Waals surface area contributed by atoms with E-state index in [2.05, 4.69) is 5.32 Å². The summed E-state index contributed by atoms with van der Waals surface area (Å²) in [7, 11) is 0. The SMILES string of the molecule is O=C(Nc1ccc(Cl)c(C(F)(F)F)c1)[C@@H]1CC(=O)N(c2cccc(Cl)c2Cl)C1. The van der Waals surface area contributed by atoms with Crippen LogP contribution in [0.5, 0.6) is 0 Å². The summed E-state index contributed by atoms with van der Waals surface area (Å²) in [6.07, 6.45) is -4.75. The van der Waals surface area contributed by atoms with Crippen LogP contribution in [0.3, 0.4) is 0 Å². The molecule has 0 radical (unpaired) electrons. The molecule has 28 heavy (non-hydrogen) atoms. The van der Waals surface area contributed by atoms with Crippen LogP contribution in [-0.4, -0.2) is 18.4 Å². The minimum absolute atomic E-state index is 0.0322. The predicted molar refractivity (Wildman–Crippen MR) is 102 cm³/mol. The molecule has 1 heterocycles. The summed E-state index contributed by atoms with van der Waals surface area (Å²) in [5, 5.41) is 2.39. The molecule has 1 atom stereocenters. The van der Waals surface area contributed by atoms with Gasteiger partial charge in [-0.25, -0.2) is 0 Å². The van der Waals surface area contributed by atoms with Crippen molar-refractivity contribution in [3.63, 3.8) is 0 Å². The van der Waals surface area contributed by atoms with Gasteiger partial charge in [0.05, 0.1) is 32.2 Å². The van der Waals surface area contributed by atoms with Crippen LogP contribution in [0.4, 0.5) is 24.5 Å². The Morgan fingerprint density at radius 3 is 2.50 bits per heavy atom. The highest BCUT2D eigenvalue weighted by Gasteiger charge is 2.37. The van der Waals surface area contributed by atoms with E-state index < -0.39 is 28.6 Å². The Labute approximate surface area is 173 Å². The van der Waals surface area contributed by atoms with Gasteiger partial charge in [0.15, 0.2) is 0 Å². The molecule has 2 aromatic carbocycles. The molecular formula is C18H12Cl3F3N2O2. The summed E-state index contributed by atoms with van der Waals surface area (Å²) < 4.78 is 38.9. The van der Waals surface area contributed by atoms with E-state index in [-0.39, 0.29) is 34.6 Å². The molecule has 1 fully saturated rings. The molecular weight excluding hydrogens is 440 g/mol. The quantitative estimate of drug-likeness (QED) is 0.655. The van der Waals surface area contributed by atoms with Crippen molar-refractivity contribution in [1.82, 2.24) is 0 Å². The number of carbonyl (C=O) groups is 2. The van der Waals surface area contributed by atoms with Crippen LogP contribution in [0.25, 0.3) is 0 Å². The van der Waals surface area contributed by atoms with Gasteiger partial charge in [-0.3, -0.25) is 9.59 Å². The molecule has 1 saturated heterocycles. The molecule has 0 saturated carbocycles. The average molecular weight is 452 g/mol. The predicted octanol–water partition coefficient (Wildman–Crippen LogP) is 5.66. The lowest BCUT2D eigenvalue weighted by Gasteiger charge is -2.19. The van der Waals surface area contributed by atoms with Gasteiger partial charge in [0.1, 0.15) is 0 Å². The first-order valence-electron chi connectivity index (χ1n) is 8.00. The number of hydrogen-bond acceptors (Lipinski definition) is 2. The first-order chi connectivity index (χ1) is 13.1. The Morgan fingerprint density at radius 2 is 1.82 bits per heavy atom. The Hall–Kier alpha value is -1.96. The van der Waals surface area contributed by atoms with Crippen LogP contribution in [0, 0.1) is 5.92 Å². The van der Waals surface area contributed by atoms with E-state index in [0.29, 0.717) is 5.69 Å². The lowest BCUT2D eigenvalue weighted by atomic mass is 10.1. The zero-order valence-electron chi connectivity index (χ0n) is 14.0. The van der Waals surface area contributed by atoms with Crippen LogP contribution in [0.15, 0.2) is 36.4 Å². The largest absolute Gasteiger partial charge is 0.417 e. The maximum absolute atomic E-state index is 13.0. The lowest BCUT2D eigenvalue weighted by molar-refractivity contribution is -0.137. The monoisotopic (exact) mass is 450 g/mol. The normalized spacial score (nSPS) is 17.1. The van der Waals surface area contributed by atoms with E-state index in [1.807, 2.05) is 0 Å². The third-order valence-corrected chi connectivity index (χ3v) is 5.40. The third-order valence-electron chi connectivity index (χ3n) is 4.26. The topological polar surface area (TPSA) is 49.4 Å². The molecule has 0 spiro atoms. The number of carbonyl (C=O) groups excluding carboxylic acids is 2. The summed E-state index contributed by atoms with van der Waals surface area (Å²) >= 11 is 17.7. The number of halogens is 6. The van der Waals surface area contributed by atoms with Gasteiger partial charge >= 0.3 is 6.18 Å². The molecule has 1 N–H and O–H groups in total. The number of anilines is 2. The Balaban J connectivity index is 1.76. The van der Waals surface area contributed by atoms with Crippen molar-refractivity contribution in [2.45, 2.75) is 12.6 Å². The maximum Gasteiger partial charge on any atom is 0.417 e. The lowest BCUT2D eigenvalue weighted by Crippen LogP contribution is -2.28. The number of benzene rings is 2. The Morgan fingerprint density at radius 1 is 1.11 bits per heavy atom. The highest BCUT2D eigenvalue weighted by Crippen LogP contribution is 2.37. The van der Waals surface area contributed by atoms with Gasteiger partial charge in [-0.15, -0.1) is 0 Å². The van der Waals surface area contributed by atoms with Gasteiger partial charge in [0.2, 0.25) is 11.8 Å². The molecule has 148 valence electrons. The summed E-state index contributed by atoms with van der Waals surface area (Å²) in [6.45, 7) is 0.0322. The van der Waals surface area contributed by atoms with Crippen LogP contribution >= 0.6 is 34.8 Å². The standard InChI is InChI=1S/C18H12Cl3F3N2O2/c19-12-5-4-10(7-11(12)18(22,23)24)25-17(28)9-6-15(27)26(8-9)14-3-1-2-13(20)16(14)21/h1-5,7,9H,6,8H2,(H,25,28)/t9-/m1/s1. The van der Waals surface area contributed by atoms with Gasteiger partial charge in [0.25, 0.3) is 0 Å². The summed E-state index contributed by atoms with van der Waals surface area (Å²) in [5.41, 5.74) is -0.740. The fourth-order valence-electron chi connectivity index (χ4n) is 2.88. The Kier molecular flexibility index (Phi) is 5.79. The van der Waals surface area contributed by atoms with Gasteiger partial charge in [-0.05, 0) is 30.3 Å². The molecule has 1 aliphatic heterocycles. The van der Waals surface area contributed by atoms with Crippen LogP contribution < -0.4 is 10.2 Å². The van der Waals surface area contributed by atoms with Gasteiger partial charge < -0.3 is 10.2 Å². The average Bonchev–Trinajstić information content (AvgIpc) is 3.00. The molecule has 3 rings (SSSR count). The highest BCUT2D eigenvalue weighted by molar-refractivity contribution is 6.44. The molecule has 4 nitrogen and oxygen atoms in total. The van der Waals surface area contributed by atoms with Crippen LogP contribution in [0.2, 0.25) is 15.1 Å². The van der Waals surface area contributed by atoms with Crippen LogP contribution in [0.1, 0.15) is 12.0 Å². The molecule has 0 aliphatic carbocycles. The summed E-state index contributed by atoms with van der Waals surface area (Å²) in [6, 6.07) is 7.85. The van der Waals surface area contributed by atoms with Crippen molar-refractivity contribution in [3.05, 3.63) is 57.0 Å². The van der Waals surface area contributed by atoms with Crippen LogP contribution in [-0.2, 0) is 15.8 Å². The summed E-state index contributed by atoms with van der Waals surface area (Å²) in [5.74, 6) is -1.67. The first kappa shape index (κ1) is 20.8. The zero-order valence-corrected chi connectivity index (χ0v) is 16.3. The van der Waals surface area contributed by atoms with Crippen molar-refractivity contribution >= 4 is 58.0 Å². The van der Waals surface area contributed by atoms with E-state index in [9.17, 15) is 22.8 Å². The van der Waals surface area contributed by atoms with E-state index >= 15 is 0 Å². The second-order valence-corrected chi connectivity index (χ2v) is 7.35. The Bertz CT molecular complexity index is 950. The number of nitrogens with one attached hydrogen (secondary N) is 1. The molecule has 10 heteroatoms. The highest BCUT2D eigenvalue weighted by atomic mass is 35.5. The smallest absolute Gasteiger partial charge is 0.326 e. The number of hydrogen-bond donors (Lipinski definition) is 1.